The fourth-order valence-electron chi connectivity index (χ4n) is 4.09. The predicted octanol–water partition coefficient (Wildman–Crippen LogP) is 3.02. The van der Waals surface area contributed by atoms with Crippen LogP contribution in [0.15, 0.2) is 24.3 Å². The molecule has 0 bridgehead atoms. The van der Waals surface area contributed by atoms with E-state index in [0.717, 1.165) is 42.3 Å². The standard InChI is InChI=1S/C21H26N4O3S/c26-18-11-3-1-2-6-12-24(18)14-19(27)25-13-7-9-16(25)20(28)23-21-22-15-8-4-5-10-17(15)29-21/h4-5,8,10,16H,1-3,6-7,9,11-14H2,(H,22,23,28). The first kappa shape index (κ1) is 19.8. The maximum atomic E-state index is 12.9. The molecule has 3 amide bonds. The predicted molar refractivity (Wildman–Crippen MR) is 113 cm³/mol. The largest absolute Gasteiger partial charge is 0.333 e. The SMILES string of the molecule is O=C(Nc1nc2ccccc2s1)C1CCCN1C(=O)CN1CCCCCCC1=O. The highest BCUT2D eigenvalue weighted by Gasteiger charge is 2.35. The van der Waals surface area contributed by atoms with Crippen LogP contribution < -0.4 is 5.32 Å². The van der Waals surface area contributed by atoms with Crippen molar-refractivity contribution >= 4 is 44.4 Å². The molecule has 154 valence electrons. The van der Waals surface area contributed by atoms with Crippen molar-refractivity contribution in [3.8, 4) is 0 Å². The summed E-state index contributed by atoms with van der Waals surface area (Å²) in [4.78, 5) is 45.8. The number of hydrogen-bond acceptors (Lipinski definition) is 5. The number of likely N-dealkylation sites (tertiary alicyclic amines) is 2. The Labute approximate surface area is 174 Å². The molecule has 29 heavy (non-hydrogen) atoms. The molecule has 0 spiro atoms. The molecule has 2 aliphatic heterocycles. The van der Waals surface area contributed by atoms with Crippen LogP contribution >= 0.6 is 11.3 Å². The number of para-hydroxylation sites is 1. The van der Waals surface area contributed by atoms with Gasteiger partial charge in [0.05, 0.1) is 16.8 Å². The summed E-state index contributed by atoms with van der Waals surface area (Å²) in [6.07, 6.45) is 5.92. The molecule has 1 N–H and O–H groups in total. The van der Waals surface area contributed by atoms with E-state index in [-0.39, 0.29) is 24.3 Å². The summed E-state index contributed by atoms with van der Waals surface area (Å²) < 4.78 is 1.01. The normalized spacial score (nSPS) is 20.6. The van der Waals surface area contributed by atoms with Gasteiger partial charge in [-0.25, -0.2) is 4.98 Å². The van der Waals surface area contributed by atoms with Gasteiger partial charge in [-0.2, -0.15) is 0 Å². The van der Waals surface area contributed by atoms with E-state index in [1.165, 1.54) is 11.3 Å². The monoisotopic (exact) mass is 414 g/mol. The van der Waals surface area contributed by atoms with Gasteiger partial charge in [0.25, 0.3) is 0 Å². The van der Waals surface area contributed by atoms with Gasteiger partial charge in [0, 0.05) is 19.5 Å². The smallest absolute Gasteiger partial charge is 0.248 e. The molecule has 2 aromatic rings. The topological polar surface area (TPSA) is 82.6 Å². The molecule has 7 nitrogen and oxygen atoms in total. The quantitative estimate of drug-likeness (QED) is 0.834. The lowest BCUT2D eigenvalue weighted by atomic mass is 10.1. The highest BCUT2D eigenvalue weighted by atomic mass is 32.1. The molecule has 1 aromatic carbocycles. The van der Waals surface area contributed by atoms with E-state index in [0.29, 0.717) is 31.1 Å². The number of anilines is 1. The molecule has 0 radical (unpaired) electrons. The van der Waals surface area contributed by atoms with Crippen molar-refractivity contribution in [3.63, 3.8) is 0 Å². The number of rotatable bonds is 4. The Morgan fingerprint density at radius 1 is 1.10 bits per heavy atom. The van der Waals surface area contributed by atoms with E-state index in [2.05, 4.69) is 10.3 Å². The lowest BCUT2D eigenvalue weighted by Gasteiger charge is -2.29. The Bertz CT molecular complexity index is 879. The van der Waals surface area contributed by atoms with Crippen molar-refractivity contribution in [1.29, 1.82) is 0 Å². The molecular weight excluding hydrogens is 388 g/mol. The number of thiazole rings is 1. The minimum atomic E-state index is -0.501. The van der Waals surface area contributed by atoms with E-state index >= 15 is 0 Å². The molecule has 8 heteroatoms. The number of fused-ring (bicyclic) bond motifs is 1. The van der Waals surface area contributed by atoms with E-state index in [4.69, 9.17) is 0 Å². The number of carbonyl (C=O) groups excluding carboxylic acids is 3. The number of hydrogen-bond donors (Lipinski definition) is 1. The van der Waals surface area contributed by atoms with Crippen LogP contribution in [0.1, 0.15) is 44.9 Å². The summed E-state index contributed by atoms with van der Waals surface area (Å²) in [5, 5.41) is 3.43. The summed E-state index contributed by atoms with van der Waals surface area (Å²) in [7, 11) is 0. The van der Waals surface area contributed by atoms with Gasteiger partial charge in [0.1, 0.15) is 6.04 Å². The molecule has 3 heterocycles. The molecule has 1 unspecified atom stereocenters. The minimum absolute atomic E-state index is 0.0488. The van der Waals surface area contributed by atoms with Gasteiger partial charge in [0.15, 0.2) is 5.13 Å². The number of nitrogens with zero attached hydrogens (tertiary/aromatic N) is 3. The molecular formula is C21H26N4O3S. The fraction of sp³-hybridized carbons (Fsp3) is 0.524. The van der Waals surface area contributed by atoms with Crippen LogP contribution in [0.5, 0.6) is 0 Å². The van der Waals surface area contributed by atoms with Crippen molar-refractivity contribution in [1.82, 2.24) is 14.8 Å². The average molecular weight is 415 g/mol. The van der Waals surface area contributed by atoms with E-state index < -0.39 is 6.04 Å². The third-order valence-corrected chi connectivity index (χ3v) is 6.60. The highest BCUT2D eigenvalue weighted by Crippen LogP contribution is 2.27. The Hall–Kier alpha value is -2.48. The van der Waals surface area contributed by atoms with Crippen LogP contribution in [0.2, 0.25) is 0 Å². The van der Waals surface area contributed by atoms with Crippen molar-refractivity contribution in [3.05, 3.63) is 24.3 Å². The van der Waals surface area contributed by atoms with Crippen molar-refractivity contribution in [2.75, 3.05) is 25.0 Å². The van der Waals surface area contributed by atoms with E-state index in [1.807, 2.05) is 24.3 Å². The zero-order valence-electron chi connectivity index (χ0n) is 16.4. The van der Waals surface area contributed by atoms with Crippen LogP contribution in [0.4, 0.5) is 5.13 Å². The summed E-state index contributed by atoms with van der Waals surface area (Å²) in [5.74, 6) is -0.289. The molecule has 2 fully saturated rings. The second-order valence-corrected chi connectivity index (χ2v) is 8.73. The Kier molecular flexibility index (Phi) is 6.08. The second-order valence-electron chi connectivity index (χ2n) is 7.70. The summed E-state index contributed by atoms with van der Waals surface area (Å²) in [5.41, 5.74) is 0.850. The van der Waals surface area contributed by atoms with Crippen molar-refractivity contribution < 1.29 is 14.4 Å². The van der Waals surface area contributed by atoms with Crippen LogP contribution in [-0.2, 0) is 14.4 Å². The zero-order valence-corrected chi connectivity index (χ0v) is 17.2. The molecule has 1 atom stereocenters. The van der Waals surface area contributed by atoms with Gasteiger partial charge in [0.2, 0.25) is 17.7 Å². The maximum Gasteiger partial charge on any atom is 0.248 e. The van der Waals surface area contributed by atoms with Gasteiger partial charge in [-0.3, -0.25) is 14.4 Å². The van der Waals surface area contributed by atoms with E-state index in [1.54, 1.807) is 9.80 Å². The molecule has 0 saturated carbocycles. The number of aromatic nitrogens is 1. The second kappa shape index (κ2) is 8.90. The molecule has 2 aliphatic rings. The van der Waals surface area contributed by atoms with Crippen molar-refractivity contribution in [2.24, 2.45) is 0 Å². The van der Waals surface area contributed by atoms with Crippen LogP contribution in [-0.4, -0.2) is 58.2 Å². The van der Waals surface area contributed by atoms with Crippen LogP contribution in [0, 0.1) is 0 Å². The third kappa shape index (κ3) is 4.58. The van der Waals surface area contributed by atoms with Gasteiger partial charge >= 0.3 is 0 Å². The average Bonchev–Trinajstić information content (AvgIpc) is 3.34. The number of nitrogens with one attached hydrogen (secondary N) is 1. The molecule has 2 saturated heterocycles. The maximum absolute atomic E-state index is 12.9. The summed E-state index contributed by atoms with van der Waals surface area (Å²) >= 11 is 1.43. The van der Waals surface area contributed by atoms with Crippen LogP contribution in [0.25, 0.3) is 10.2 Å². The Morgan fingerprint density at radius 3 is 2.79 bits per heavy atom. The first-order chi connectivity index (χ1) is 14.1. The van der Waals surface area contributed by atoms with Gasteiger partial charge in [-0.1, -0.05) is 36.3 Å². The number of amides is 3. The minimum Gasteiger partial charge on any atom is -0.333 e. The highest BCUT2D eigenvalue weighted by molar-refractivity contribution is 7.22. The Morgan fingerprint density at radius 2 is 1.93 bits per heavy atom. The molecule has 0 aliphatic carbocycles. The lowest BCUT2D eigenvalue weighted by Crippen LogP contribution is -2.48. The first-order valence-electron chi connectivity index (χ1n) is 10.4. The van der Waals surface area contributed by atoms with Crippen molar-refractivity contribution in [2.45, 2.75) is 51.0 Å². The van der Waals surface area contributed by atoms with Gasteiger partial charge in [-0.15, -0.1) is 0 Å². The Balaban J connectivity index is 1.40. The zero-order chi connectivity index (χ0) is 20.2. The fourth-order valence-corrected chi connectivity index (χ4v) is 4.96. The molecule has 1 aromatic heterocycles. The van der Waals surface area contributed by atoms with E-state index in [9.17, 15) is 14.4 Å². The first-order valence-corrected chi connectivity index (χ1v) is 11.2. The lowest BCUT2D eigenvalue weighted by molar-refractivity contribution is -0.143. The summed E-state index contributed by atoms with van der Waals surface area (Å²) in [6, 6.07) is 7.23. The third-order valence-electron chi connectivity index (χ3n) is 5.65. The number of benzene rings is 1. The van der Waals surface area contributed by atoms with Crippen LogP contribution in [0.3, 0.4) is 0 Å². The number of carbonyl (C=O) groups is 3. The summed E-state index contributed by atoms with van der Waals surface area (Å²) in [6.45, 7) is 1.25. The van der Waals surface area contributed by atoms with Gasteiger partial charge in [-0.05, 0) is 37.8 Å². The van der Waals surface area contributed by atoms with Gasteiger partial charge < -0.3 is 15.1 Å². The molecule has 4 rings (SSSR count).